The maximum Gasteiger partial charge on any atom is 0.104 e. The van der Waals surface area contributed by atoms with Crippen LogP contribution in [0.1, 0.15) is 17.2 Å². The number of pyridine rings is 1. The van der Waals surface area contributed by atoms with Crippen molar-refractivity contribution in [3.05, 3.63) is 76.9 Å². The van der Waals surface area contributed by atoms with Crippen molar-refractivity contribution in [1.29, 1.82) is 0 Å². The molecule has 0 aliphatic heterocycles. The highest BCUT2D eigenvalue weighted by molar-refractivity contribution is 6.30. The van der Waals surface area contributed by atoms with Gasteiger partial charge in [0.1, 0.15) is 6.10 Å². The summed E-state index contributed by atoms with van der Waals surface area (Å²) in [6.45, 7) is 0. The van der Waals surface area contributed by atoms with Crippen molar-refractivity contribution < 1.29 is 5.11 Å². The number of aliphatic hydroxyl groups is 1. The van der Waals surface area contributed by atoms with Crippen LogP contribution in [0.4, 0.5) is 0 Å². The van der Waals surface area contributed by atoms with E-state index in [0.717, 1.165) is 22.0 Å². The lowest BCUT2D eigenvalue weighted by Crippen LogP contribution is -1.99. The van der Waals surface area contributed by atoms with Gasteiger partial charge in [-0.3, -0.25) is 4.98 Å². The first-order valence-corrected chi connectivity index (χ1v) is 6.40. The van der Waals surface area contributed by atoms with Crippen LogP contribution >= 0.6 is 11.6 Å². The number of benzene rings is 2. The maximum atomic E-state index is 10.4. The summed E-state index contributed by atoms with van der Waals surface area (Å²) in [5.41, 5.74) is 2.54. The third-order valence-electron chi connectivity index (χ3n) is 3.11. The lowest BCUT2D eigenvalue weighted by atomic mass is 10.00. The van der Waals surface area contributed by atoms with Gasteiger partial charge in [-0.15, -0.1) is 0 Å². The molecule has 0 aliphatic carbocycles. The first-order chi connectivity index (χ1) is 9.24. The van der Waals surface area contributed by atoms with Crippen molar-refractivity contribution in [2.75, 3.05) is 0 Å². The Kier molecular flexibility index (Phi) is 3.20. The molecule has 0 radical (unpaired) electrons. The number of aliphatic hydroxyl groups excluding tert-OH is 1. The second kappa shape index (κ2) is 5.00. The number of aromatic nitrogens is 1. The topological polar surface area (TPSA) is 33.1 Å². The summed E-state index contributed by atoms with van der Waals surface area (Å²) >= 11 is 5.95. The van der Waals surface area contributed by atoms with Crippen LogP contribution in [0, 0.1) is 0 Å². The zero-order valence-corrected chi connectivity index (χ0v) is 10.9. The molecule has 0 spiro atoms. The van der Waals surface area contributed by atoms with Gasteiger partial charge in [-0.1, -0.05) is 35.9 Å². The summed E-state index contributed by atoms with van der Waals surface area (Å²) in [6, 6.07) is 16.9. The molecule has 1 aromatic heterocycles. The second-order valence-corrected chi connectivity index (χ2v) is 4.85. The Bertz CT molecular complexity index is 727. The first kappa shape index (κ1) is 12.2. The van der Waals surface area contributed by atoms with Crippen LogP contribution in [0.2, 0.25) is 5.02 Å². The molecule has 0 saturated heterocycles. The summed E-state index contributed by atoms with van der Waals surface area (Å²) < 4.78 is 0. The van der Waals surface area contributed by atoms with E-state index in [1.54, 1.807) is 18.3 Å². The Labute approximate surface area is 116 Å². The van der Waals surface area contributed by atoms with E-state index in [4.69, 9.17) is 11.6 Å². The summed E-state index contributed by atoms with van der Waals surface area (Å²) in [6.07, 6.45) is 1.08. The number of fused-ring (bicyclic) bond motifs is 1. The number of hydrogen-bond donors (Lipinski definition) is 1. The monoisotopic (exact) mass is 269 g/mol. The van der Waals surface area contributed by atoms with E-state index in [2.05, 4.69) is 4.98 Å². The number of rotatable bonds is 2. The van der Waals surface area contributed by atoms with Gasteiger partial charge in [-0.25, -0.2) is 0 Å². The molecule has 94 valence electrons. The Morgan fingerprint density at radius 3 is 2.63 bits per heavy atom. The van der Waals surface area contributed by atoms with Crippen molar-refractivity contribution >= 4 is 22.5 Å². The van der Waals surface area contributed by atoms with Gasteiger partial charge in [0, 0.05) is 16.6 Å². The van der Waals surface area contributed by atoms with Gasteiger partial charge < -0.3 is 5.11 Å². The maximum absolute atomic E-state index is 10.4. The highest BCUT2D eigenvalue weighted by Crippen LogP contribution is 2.26. The van der Waals surface area contributed by atoms with E-state index in [9.17, 15) is 5.11 Å². The smallest absolute Gasteiger partial charge is 0.104 e. The van der Waals surface area contributed by atoms with E-state index in [1.807, 2.05) is 42.5 Å². The molecule has 0 fully saturated rings. The fourth-order valence-electron chi connectivity index (χ4n) is 2.13. The predicted octanol–water partition coefficient (Wildman–Crippen LogP) is 3.97. The minimum atomic E-state index is -0.677. The zero-order valence-electron chi connectivity index (χ0n) is 10.1. The summed E-state index contributed by atoms with van der Waals surface area (Å²) in [4.78, 5) is 4.27. The van der Waals surface area contributed by atoms with Gasteiger partial charge in [0.05, 0.1) is 5.52 Å². The van der Waals surface area contributed by atoms with Crippen molar-refractivity contribution in [2.45, 2.75) is 6.10 Å². The fraction of sp³-hybridized carbons (Fsp3) is 0.0625. The summed E-state index contributed by atoms with van der Waals surface area (Å²) in [5.74, 6) is 0. The van der Waals surface area contributed by atoms with Gasteiger partial charge in [0.2, 0.25) is 0 Å². The van der Waals surface area contributed by atoms with Crippen LogP contribution < -0.4 is 0 Å². The molecular weight excluding hydrogens is 258 g/mol. The predicted molar refractivity (Wildman–Crippen MR) is 77.3 cm³/mol. The molecule has 3 aromatic rings. The largest absolute Gasteiger partial charge is 0.384 e. The molecular formula is C16H12ClNO. The van der Waals surface area contributed by atoms with Crippen LogP contribution in [0.5, 0.6) is 0 Å². The molecule has 0 bridgehead atoms. The average Bonchev–Trinajstić information content (AvgIpc) is 2.46. The number of halogens is 1. The molecule has 2 aromatic carbocycles. The molecule has 1 N–H and O–H groups in total. The van der Waals surface area contributed by atoms with Crippen molar-refractivity contribution in [2.24, 2.45) is 0 Å². The normalized spacial score (nSPS) is 12.5. The molecule has 19 heavy (non-hydrogen) atoms. The van der Waals surface area contributed by atoms with Gasteiger partial charge in [-0.2, -0.15) is 0 Å². The standard InChI is InChI=1S/C16H12ClNO/c17-14-5-1-3-12(10-14)16(19)13-6-7-15-11(9-13)4-2-8-18-15/h1-10,16,19H. The van der Waals surface area contributed by atoms with Crippen molar-refractivity contribution in [3.63, 3.8) is 0 Å². The van der Waals surface area contributed by atoms with Gasteiger partial charge in [0.15, 0.2) is 0 Å². The molecule has 1 unspecified atom stereocenters. The molecule has 0 saturated carbocycles. The van der Waals surface area contributed by atoms with Gasteiger partial charge in [-0.05, 0) is 41.5 Å². The summed E-state index contributed by atoms with van der Waals surface area (Å²) in [5, 5.41) is 12.0. The molecule has 1 heterocycles. The van der Waals surface area contributed by atoms with Crippen LogP contribution in [-0.4, -0.2) is 10.1 Å². The van der Waals surface area contributed by atoms with Crippen LogP contribution in [0.25, 0.3) is 10.9 Å². The van der Waals surface area contributed by atoms with Crippen LogP contribution in [0.3, 0.4) is 0 Å². The quantitative estimate of drug-likeness (QED) is 0.764. The van der Waals surface area contributed by atoms with E-state index in [-0.39, 0.29) is 0 Å². The highest BCUT2D eigenvalue weighted by Gasteiger charge is 2.11. The minimum absolute atomic E-state index is 0.624. The van der Waals surface area contributed by atoms with Crippen LogP contribution in [-0.2, 0) is 0 Å². The molecule has 0 aliphatic rings. The van der Waals surface area contributed by atoms with E-state index in [0.29, 0.717) is 5.02 Å². The lowest BCUT2D eigenvalue weighted by Gasteiger charge is -2.12. The van der Waals surface area contributed by atoms with Crippen LogP contribution in [0.15, 0.2) is 60.8 Å². The van der Waals surface area contributed by atoms with E-state index in [1.165, 1.54) is 0 Å². The molecule has 2 nitrogen and oxygen atoms in total. The molecule has 0 amide bonds. The Balaban J connectivity index is 2.04. The highest BCUT2D eigenvalue weighted by atomic mass is 35.5. The Morgan fingerprint density at radius 2 is 1.79 bits per heavy atom. The second-order valence-electron chi connectivity index (χ2n) is 4.41. The van der Waals surface area contributed by atoms with Crippen molar-refractivity contribution in [1.82, 2.24) is 4.98 Å². The summed E-state index contributed by atoms with van der Waals surface area (Å²) in [7, 11) is 0. The number of nitrogens with zero attached hydrogens (tertiary/aromatic N) is 1. The Morgan fingerprint density at radius 1 is 0.947 bits per heavy atom. The lowest BCUT2D eigenvalue weighted by molar-refractivity contribution is 0.220. The third-order valence-corrected chi connectivity index (χ3v) is 3.34. The van der Waals surface area contributed by atoms with Gasteiger partial charge in [0.25, 0.3) is 0 Å². The first-order valence-electron chi connectivity index (χ1n) is 6.02. The molecule has 3 heteroatoms. The zero-order chi connectivity index (χ0) is 13.2. The molecule has 3 rings (SSSR count). The average molecular weight is 270 g/mol. The molecule has 1 atom stereocenters. The van der Waals surface area contributed by atoms with Gasteiger partial charge >= 0.3 is 0 Å². The SMILES string of the molecule is OC(c1cccc(Cl)c1)c1ccc2ncccc2c1. The fourth-order valence-corrected chi connectivity index (χ4v) is 2.33. The van der Waals surface area contributed by atoms with Crippen molar-refractivity contribution in [3.8, 4) is 0 Å². The van der Waals surface area contributed by atoms with E-state index < -0.39 is 6.10 Å². The Hall–Kier alpha value is -1.90. The minimum Gasteiger partial charge on any atom is -0.384 e. The third kappa shape index (κ3) is 2.46. The van der Waals surface area contributed by atoms with E-state index >= 15 is 0 Å². The number of hydrogen-bond acceptors (Lipinski definition) is 2.